The van der Waals surface area contributed by atoms with Crippen molar-refractivity contribution in [1.29, 1.82) is 0 Å². The number of anilines is 1. The number of benzene rings is 1. The molecule has 5 nitrogen and oxygen atoms in total. The van der Waals surface area contributed by atoms with E-state index in [1.807, 2.05) is 43.3 Å². The summed E-state index contributed by atoms with van der Waals surface area (Å²) >= 11 is 1.36. The van der Waals surface area contributed by atoms with E-state index in [0.717, 1.165) is 11.1 Å². The summed E-state index contributed by atoms with van der Waals surface area (Å²) in [6.07, 6.45) is 3.36. The Morgan fingerprint density at radius 2 is 2.08 bits per heavy atom. The van der Waals surface area contributed by atoms with Crippen LogP contribution in [0.15, 0.2) is 71.2 Å². The molecule has 6 heteroatoms. The quantitative estimate of drug-likeness (QED) is 0.516. The third-order valence-electron chi connectivity index (χ3n) is 3.72. The lowest BCUT2D eigenvalue weighted by atomic mass is 10.1. The van der Waals surface area contributed by atoms with E-state index < -0.39 is 0 Å². The van der Waals surface area contributed by atoms with Crippen molar-refractivity contribution in [2.45, 2.75) is 6.92 Å². The average molecular weight is 350 g/mol. The first-order chi connectivity index (χ1) is 12.1. The first-order valence-electron chi connectivity index (χ1n) is 7.77. The molecule has 0 radical (unpaired) electrons. The first-order valence-corrected chi connectivity index (χ1v) is 8.59. The third-order valence-corrected chi connectivity index (χ3v) is 4.90. The molecule has 1 aliphatic heterocycles. The van der Waals surface area contributed by atoms with Crippen molar-refractivity contribution in [2.24, 2.45) is 4.99 Å². The maximum absolute atomic E-state index is 12.9. The number of allylic oxidation sites excluding steroid dienone is 1. The van der Waals surface area contributed by atoms with E-state index in [4.69, 9.17) is 5.73 Å². The van der Waals surface area contributed by atoms with Crippen LogP contribution in [0.3, 0.4) is 0 Å². The van der Waals surface area contributed by atoms with Gasteiger partial charge in [0.25, 0.3) is 5.91 Å². The molecule has 0 unspecified atom stereocenters. The van der Waals surface area contributed by atoms with Gasteiger partial charge >= 0.3 is 0 Å². The van der Waals surface area contributed by atoms with E-state index in [9.17, 15) is 4.79 Å². The minimum Gasteiger partial charge on any atom is -0.399 e. The van der Waals surface area contributed by atoms with Crippen LogP contribution in [-0.2, 0) is 4.79 Å². The first kappa shape index (κ1) is 17.0. The van der Waals surface area contributed by atoms with Gasteiger partial charge in [-0.2, -0.15) is 0 Å². The van der Waals surface area contributed by atoms with Crippen molar-refractivity contribution in [2.75, 3.05) is 12.3 Å². The van der Waals surface area contributed by atoms with Gasteiger partial charge in [-0.3, -0.25) is 9.69 Å². The summed E-state index contributed by atoms with van der Waals surface area (Å²) < 4.78 is 0. The van der Waals surface area contributed by atoms with Gasteiger partial charge in [-0.15, -0.1) is 6.58 Å². The zero-order valence-corrected chi connectivity index (χ0v) is 14.7. The van der Waals surface area contributed by atoms with Crippen molar-refractivity contribution < 1.29 is 4.79 Å². The highest BCUT2D eigenvalue weighted by molar-refractivity contribution is 8.18. The van der Waals surface area contributed by atoms with Crippen LogP contribution in [0.4, 0.5) is 11.5 Å². The topological polar surface area (TPSA) is 71.6 Å². The van der Waals surface area contributed by atoms with Gasteiger partial charge in [-0.25, -0.2) is 9.98 Å². The zero-order chi connectivity index (χ0) is 17.8. The van der Waals surface area contributed by atoms with E-state index in [-0.39, 0.29) is 5.91 Å². The number of nitrogens with zero attached hydrogens (tertiary/aromatic N) is 3. The van der Waals surface area contributed by atoms with Crippen molar-refractivity contribution in [3.05, 3.63) is 71.8 Å². The highest BCUT2D eigenvalue weighted by Gasteiger charge is 2.34. The molecule has 0 saturated carbocycles. The lowest BCUT2D eigenvalue weighted by Gasteiger charge is -2.12. The predicted molar refractivity (Wildman–Crippen MR) is 104 cm³/mol. The molecule has 25 heavy (non-hydrogen) atoms. The number of nitrogen functional groups attached to an aromatic ring is 1. The minimum atomic E-state index is -0.0751. The summed E-state index contributed by atoms with van der Waals surface area (Å²) in [5.74, 6) is 0.493. The smallest absolute Gasteiger partial charge is 0.267 e. The fourth-order valence-corrected chi connectivity index (χ4v) is 3.45. The summed E-state index contributed by atoms with van der Waals surface area (Å²) in [7, 11) is 0. The van der Waals surface area contributed by atoms with E-state index in [1.54, 1.807) is 23.2 Å². The fraction of sp³-hybridized carbons (Fsp3) is 0.105. The van der Waals surface area contributed by atoms with Crippen molar-refractivity contribution >= 4 is 39.9 Å². The molecule has 1 aromatic carbocycles. The molecule has 1 amide bonds. The van der Waals surface area contributed by atoms with Crippen LogP contribution in [0.25, 0.3) is 5.57 Å². The average Bonchev–Trinajstić information content (AvgIpc) is 2.92. The Morgan fingerprint density at radius 3 is 2.72 bits per heavy atom. The summed E-state index contributed by atoms with van der Waals surface area (Å²) in [5.41, 5.74) is 8.30. The lowest BCUT2D eigenvalue weighted by molar-refractivity contribution is -0.121. The van der Waals surface area contributed by atoms with Crippen molar-refractivity contribution in [3.8, 4) is 0 Å². The molecule has 2 N–H and O–H groups in total. The van der Waals surface area contributed by atoms with Gasteiger partial charge in [0.05, 0.1) is 4.91 Å². The summed E-state index contributed by atoms with van der Waals surface area (Å²) in [5, 5.41) is 0.605. The standard InChI is InChI=1S/C19H18N4OS/c1-3-12-23-18(24)17(13(2)14-7-9-15(20)10-8-14)25-19(23)22-16-6-4-5-11-21-16/h3-11H,1,12,20H2,2H3/b17-13-,22-19+. The maximum Gasteiger partial charge on any atom is 0.267 e. The molecule has 2 heterocycles. The van der Waals surface area contributed by atoms with Crippen LogP contribution >= 0.6 is 11.8 Å². The Morgan fingerprint density at radius 1 is 1.32 bits per heavy atom. The number of rotatable bonds is 4. The number of carbonyl (C=O) groups excluding carboxylic acids is 1. The van der Waals surface area contributed by atoms with Gasteiger partial charge in [-0.1, -0.05) is 24.3 Å². The molecule has 0 atom stereocenters. The summed E-state index contributed by atoms with van der Waals surface area (Å²) in [6.45, 7) is 6.07. The number of amidine groups is 1. The summed E-state index contributed by atoms with van der Waals surface area (Å²) in [4.78, 5) is 23.8. The Balaban J connectivity index is 2.01. The number of aliphatic imine (C=N–C) groups is 1. The molecule has 1 aliphatic rings. The van der Waals surface area contributed by atoms with Crippen molar-refractivity contribution in [3.63, 3.8) is 0 Å². The van der Waals surface area contributed by atoms with E-state index in [1.165, 1.54) is 11.8 Å². The molecule has 1 fully saturated rings. The second-order valence-electron chi connectivity index (χ2n) is 5.46. The molecule has 126 valence electrons. The number of carbonyl (C=O) groups is 1. The normalized spacial score (nSPS) is 17.9. The van der Waals surface area contributed by atoms with E-state index in [2.05, 4.69) is 16.6 Å². The number of hydrogen-bond acceptors (Lipinski definition) is 5. The number of amides is 1. The number of hydrogen-bond donors (Lipinski definition) is 1. The molecule has 0 spiro atoms. The largest absolute Gasteiger partial charge is 0.399 e. The highest BCUT2D eigenvalue weighted by Crippen LogP contribution is 2.37. The van der Waals surface area contributed by atoms with E-state index >= 15 is 0 Å². The monoisotopic (exact) mass is 350 g/mol. The molecular weight excluding hydrogens is 332 g/mol. The van der Waals surface area contributed by atoms with E-state index in [0.29, 0.717) is 28.1 Å². The van der Waals surface area contributed by atoms with Gasteiger partial charge in [0.1, 0.15) is 0 Å². The van der Waals surface area contributed by atoms with Gasteiger partial charge in [0, 0.05) is 18.4 Å². The van der Waals surface area contributed by atoms with Crippen LogP contribution in [0.5, 0.6) is 0 Å². The van der Waals surface area contributed by atoms with Gasteiger partial charge in [-0.05, 0) is 54.1 Å². The van der Waals surface area contributed by atoms with Crippen LogP contribution in [0.2, 0.25) is 0 Å². The maximum atomic E-state index is 12.9. The van der Waals surface area contributed by atoms with Gasteiger partial charge in [0.2, 0.25) is 0 Å². The van der Waals surface area contributed by atoms with Crippen LogP contribution in [-0.4, -0.2) is 27.5 Å². The summed E-state index contributed by atoms with van der Waals surface area (Å²) in [6, 6.07) is 13.0. The second kappa shape index (κ2) is 7.36. The minimum absolute atomic E-state index is 0.0751. The number of nitrogens with two attached hydrogens (primary N) is 1. The Bertz CT molecular complexity index is 857. The zero-order valence-electron chi connectivity index (χ0n) is 13.8. The number of thioether (sulfide) groups is 1. The molecule has 0 aliphatic carbocycles. The third kappa shape index (κ3) is 3.64. The number of aromatic nitrogens is 1. The highest BCUT2D eigenvalue weighted by atomic mass is 32.2. The molecule has 0 bridgehead atoms. The molecule has 3 rings (SSSR count). The lowest BCUT2D eigenvalue weighted by Crippen LogP contribution is -2.29. The predicted octanol–water partition coefficient (Wildman–Crippen LogP) is 3.84. The molecule has 1 aromatic heterocycles. The Labute approximate surface area is 151 Å². The van der Waals surface area contributed by atoms with Crippen LogP contribution in [0.1, 0.15) is 12.5 Å². The molecular formula is C19H18N4OS. The van der Waals surface area contributed by atoms with Gasteiger partial charge in [0.15, 0.2) is 11.0 Å². The van der Waals surface area contributed by atoms with Crippen molar-refractivity contribution in [1.82, 2.24) is 9.88 Å². The van der Waals surface area contributed by atoms with Gasteiger partial charge < -0.3 is 5.73 Å². The number of pyridine rings is 1. The van der Waals surface area contributed by atoms with Crippen LogP contribution in [0, 0.1) is 0 Å². The second-order valence-corrected chi connectivity index (χ2v) is 6.44. The molecule has 2 aromatic rings. The Kier molecular flexibility index (Phi) is 5.00. The molecule has 1 saturated heterocycles. The fourth-order valence-electron chi connectivity index (χ4n) is 2.39. The Hall–Kier alpha value is -2.86. The van der Waals surface area contributed by atoms with Crippen LogP contribution < -0.4 is 5.73 Å². The SMILES string of the molecule is C=CCN1C(=O)/C(=C(\C)c2ccc(N)cc2)S/C1=N/c1ccccn1.